The van der Waals surface area contributed by atoms with E-state index in [2.05, 4.69) is 50.2 Å². The highest BCUT2D eigenvalue weighted by molar-refractivity contribution is 5.24. The van der Waals surface area contributed by atoms with Crippen LogP contribution in [0.4, 0.5) is 0 Å². The van der Waals surface area contributed by atoms with E-state index in [4.69, 9.17) is 0 Å². The van der Waals surface area contributed by atoms with Crippen LogP contribution in [0.25, 0.3) is 0 Å². The van der Waals surface area contributed by atoms with Crippen LogP contribution in [-0.2, 0) is 0 Å². The fraction of sp³-hybridized carbons (Fsp3) is 0.538. The monoisotopic (exact) mass is 191 g/mol. The molecule has 78 valence electrons. The third-order valence-electron chi connectivity index (χ3n) is 2.43. The van der Waals surface area contributed by atoms with Crippen molar-refractivity contribution in [2.45, 2.75) is 26.2 Å². The Morgan fingerprint density at radius 2 is 2.07 bits per heavy atom. The summed E-state index contributed by atoms with van der Waals surface area (Å²) in [7, 11) is 4.24. The topological polar surface area (TPSA) is 3.24 Å². The Labute approximate surface area is 87.8 Å². The van der Waals surface area contributed by atoms with Gasteiger partial charge in [-0.15, -0.1) is 0 Å². The molecule has 0 spiro atoms. The molecule has 0 aromatic rings. The first-order valence-electron chi connectivity index (χ1n) is 5.40. The molecule has 0 radical (unpaired) electrons. The van der Waals surface area contributed by atoms with Gasteiger partial charge in [0.2, 0.25) is 0 Å². The van der Waals surface area contributed by atoms with Crippen molar-refractivity contribution < 1.29 is 0 Å². The molecule has 1 aliphatic rings. The molecule has 0 N–H and O–H groups in total. The zero-order valence-corrected chi connectivity index (χ0v) is 9.59. The number of allylic oxidation sites excluding steroid dienone is 5. The minimum atomic E-state index is 1.08. The number of hydrogen-bond acceptors (Lipinski definition) is 1. The Balaban J connectivity index is 2.59. The SMILES string of the molecule is CCC1=CC/C=C(/CN(C)C)CC=C1. The first kappa shape index (κ1) is 11.3. The molecule has 1 rings (SSSR count). The van der Waals surface area contributed by atoms with Gasteiger partial charge in [0.1, 0.15) is 0 Å². The van der Waals surface area contributed by atoms with Crippen molar-refractivity contribution >= 4 is 0 Å². The zero-order valence-electron chi connectivity index (χ0n) is 9.59. The summed E-state index contributed by atoms with van der Waals surface area (Å²) in [6, 6.07) is 0. The van der Waals surface area contributed by atoms with E-state index >= 15 is 0 Å². The molecule has 0 saturated carbocycles. The van der Waals surface area contributed by atoms with Crippen molar-refractivity contribution in [1.29, 1.82) is 0 Å². The lowest BCUT2D eigenvalue weighted by Crippen LogP contribution is -2.15. The molecule has 1 heteroatoms. The van der Waals surface area contributed by atoms with E-state index in [1.54, 1.807) is 0 Å². The van der Waals surface area contributed by atoms with Crippen LogP contribution in [0, 0.1) is 0 Å². The number of rotatable bonds is 3. The molecule has 1 aliphatic carbocycles. The van der Waals surface area contributed by atoms with Crippen LogP contribution in [0.3, 0.4) is 0 Å². The zero-order chi connectivity index (χ0) is 10.4. The summed E-state index contributed by atoms with van der Waals surface area (Å²) in [5.74, 6) is 0. The maximum Gasteiger partial charge on any atom is 0.0189 e. The number of hydrogen-bond donors (Lipinski definition) is 0. The maximum absolute atomic E-state index is 2.36. The average molecular weight is 191 g/mol. The standard InChI is InChI=1S/C13H21N/c1-4-12-7-5-9-13(10-6-8-12)11-14(2)3/h5,7-8,10H,4,6,9,11H2,1-3H3/b7-5?,12-8?,13-10+. The lowest BCUT2D eigenvalue weighted by Gasteiger charge is -2.13. The smallest absolute Gasteiger partial charge is 0.0189 e. The number of likely N-dealkylation sites (N-methyl/N-ethyl adjacent to an activating group) is 1. The average Bonchev–Trinajstić information content (AvgIpc) is 2.08. The highest BCUT2D eigenvalue weighted by Crippen LogP contribution is 2.13. The van der Waals surface area contributed by atoms with Crippen molar-refractivity contribution in [2.75, 3.05) is 20.6 Å². The van der Waals surface area contributed by atoms with Crippen LogP contribution in [0.2, 0.25) is 0 Å². The minimum absolute atomic E-state index is 1.08. The molecule has 0 aliphatic heterocycles. The maximum atomic E-state index is 2.36. The highest BCUT2D eigenvalue weighted by atomic mass is 15.0. The summed E-state index contributed by atoms with van der Waals surface area (Å²) in [6.07, 6.45) is 12.6. The Hall–Kier alpha value is -0.820. The van der Waals surface area contributed by atoms with E-state index in [0.717, 1.165) is 25.8 Å². The lowest BCUT2D eigenvalue weighted by molar-refractivity contribution is 0.442. The van der Waals surface area contributed by atoms with E-state index in [9.17, 15) is 0 Å². The largest absolute Gasteiger partial charge is 0.305 e. The van der Waals surface area contributed by atoms with Gasteiger partial charge in [0.05, 0.1) is 0 Å². The van der Waals surface area contributed by atoms with Gasteiger partial charge in [-0.05, 0) is 33.4 Å². The van der Waals surface area contributed by atoms with Gasteiger partial charge in [-0.25, -0.2) is 0 Å². The second-order valence-electron chi connectivity index (χ2n) is 4.07. The van der Waals surface area contributed by atoms with Gasteiger partial charge in [0.25, 0.3) is 0 Å². The minimum Gasteiger partial charge on any atom is -0.305 e. The Morgan fingerprint density at radius 3 is 2.71 bits per heavy atom. The van der Waals surface area contributed by atoms with Gasteiger partial charge in [-0.1, -0.05) is 42.4 Å². The van der Waals surface area contributed by atoms with Crippen molar-refractivity contribution in [1.82, 2.24) is 4.90 Å². The van der Waals surface area contributed by atoms with Gasteiger partial charge in [0.15, 0.2) is 0 Å². The molecule has 0 aromatic carbocycles. The van der Waals surface area contributed by atoms with Crippen LogP contribution >= 0.6 is 0 Å². The summed E-state index contributed by atoms with van der Waals surface area (Å²) in [4.78, 5) is 2.23. The molecule has 0 fully saturated rings. The third-order valence-corrected chi connectivity index (χ3v) is 2.43. The van der Waals surface area contributed by atoms with Crippen molar-refractivity contribution in [2.24, 2.45) is 0 Å². The Morgan fingerprint density at radius 1 is 1.29 bits per heavy atom. The summed E-state index contributed by atoms with van der Waals surface area (Å²) >= 11 is 0. The number of nitrogens with zero attached hydrogens (tertiary/aromatic N) is 1. The summed E-state index contributed by atoms with van der Waals surface area (Å²) < 4.78 is 0. The molecule has 1 nitrogen and oxygen atoms in total. The second kappa shape index (κ2) is 5.82. The molecule has 0 saturated heterocycles. The van der Waals surface area contributed by atoms with E-state index in [1.165, 1.54) is 11.1 Å². The second-order valence-corrected chi connectivity index (χ2v) is 4.07. The Kier molecular flexibility index (Phi) is 4.68. The predicted molar refractivity (Wildman–Crippen MR) is 63.4 cm³/mol. The molecule has 0 bridgehead atoms. The van der Waals surface area contributed by atoms with E-state index in [1.807, 2.05) is 0 Å². The molecule has 0 unspecified atom stereocenters. The Bertz CT molecular complexity index is 256. The molecule has 0 aromatic heterocycles. The van der Waals surface area contributed by atoms with Gasteiger partial charge in [0, 0.05) is 6.54 Å². The first-order valence-corrected chi connectivity index (χ1v) is 5.40. The van der Waals surface area contributed by atoms with E-state index in [-0.39, 0.29) is 0 Å². The van der Waals surface area contributed by atoms with Crippen LogP contribution < -0.4 is 0 Å². The molecule has 0 amide bonds. The summed E-state index contributed by atoms with van der Waals surface area (Å²) in [6.45, 7) is 3.29. The van der Waals surface area contributed by atoms with E-state index < -0.39 is 0 Å². The fourth-order valence-electron chi connectivity index (χ4n) is 1.69. The van der Waals surface area contributed by atoms with Crippen LogP contribution in [0.1, 0.15) is 26.2 Å². The fourth-order valence-corrected chi connectivity index (χ4v) is 1.69. The predicted octanol–water partition coefficient (Wildman–Crippen LogP) is 3.16. The van der Waals surface area contributed by atoms with Crippen molar-refractivity contribution in [3.63, 3.8) is 0 Å². The van der Waals surface area contributed by atoms with Gasteiger partial charge >= 0.3 is 0 Å². The van der Waals surface area contributed by atoms with Crippen molar-refractivity contribution in [3.8, 4) is 0 Å². The van der Waals surface area contributed by atoms with Gasteiger partial charge < -0.3 is 4.90 Å². The first-order chi connectivity index (χ1) is 6.72. The highest BCUT2D eigenvalue weighted by Gasteiger charge is 1.99. The van der Waals surface area contributed by atoms with Crippen LogP contribution in [0.15, 0.2) is 35.5 Å². The molecule has 0 atom stereocenters. The lowest BCUT2D eigenvalue weighted by atomic mass is 10.0. The van der Waals surface area contributed by atoms with Gasteiger partial charge in [-0.2, -0.15) is 0 Å². The molecular formula is C13H21N. The summed E-state index contributed by atoms with van der Waals surface area (Å²) in [5.41, 5.74) is 2.99. The summed E-state index contributed by atoms with van der Waals surface area (Å²) in [5, 5.41) is 0. The van der Waals surface area contributed by atoms with Gasteiger partial charge in [-0.3, -0.25) is 0 Å². The molecular weight excluding hydrogens is 170 g/mol. The molecule has 0 heterocycles. The van der Waals surface area contributed by atoms with E-state index in [0.29, 0.717) is 0 Å². The third kappa shape index (κ3) is 3.93. The van der Waals surface area contributed by atoms with Crippen LogP contribution in [-0.4, -0.2) is 25.5 Å². The normalized spacial score (nSPS) is 21.1. The molecule has 14 heavy (non-hydrogen) atoms. The quantitative estimate of drug-likeness (QED) is 0.619. The van der Waals surface area contributed by atoms with Crippen molar-refractivity contribution in [3.05, 3.63) is 35.5 Å². The van der Waals surface area contributed by atoms with Crippen LogP contribution in [0.5, 0.6) is 0 Å².